The third-order valence-corrected chi connectivity index (χ3v) is 4.40. The summed E-state index contributed by atoms with van der Waals surface area (Å²) < 4.78 is 16.0. The van der Waals surface area contributed by atoms with E-state index in [-0.39, 0.29) is 11.8 Å². The van der Waals surface area contributed by atoms with Crippen molar-refractivity contribution in [2.24, 2.45) is 0 Å². The van der Waals surface area contributed by atoms with Crippen molar-refractivity contribution in [2.45, 2.75) is 39.7 Å². The Morgan fingerprint density at radius 2 is 1.80 bits per heavy atom. The van der Waals surface area contributed by atoms with E-state index in [1.165, 1.54) is 6.08 Å². The number of rotatable bonds is 9. The number of para-hydroxylation sites is 1. The molecule has 0 aliphatic rings. The zero-order valence-electron chi connectivity index (χ0n) is 18.1. The number of amides is 1. The van der Waals surface area contributed by atoms with Gasteiger partial charge >= 0.3 is 5.97 Å². The van der Waals surface area contributed by atoms with E-state index < -0.39 is 12.1 Å². The summed E-state index contributed by atoms with van der Waals surface area (Å²) in [5.41, 5.74) is 2.49. The fraction of sp³-hybridized carbons (Fsp3) is 0.333. The molecule has 2 aromatic carbocycles. The van der Waals surface area contributed by atoms with Gasteiger partial charge in [-0.2, -0.15) is 0 Å². The number of carbonyl (C=O) groups is 2. The molecule has 0 aliphatic heterocycles. The summed E-state index contributed by atoms with van der Waals surface area (Å²) >= 11 is 0. The van der Waals surface area contributed by atoms with Gasteiger partial charge in [-0.1, -0.05) is 38.1 Å². The zero-order chi connectivity index (χ0) is 22.1. The first-order valence-electron chi connectivity index (χ1n) is 9.95. The van der Waals surface area contributed by atoms with Crippen LogP contribution in [0, 0.1) is 0 Å². The zero-order valence-corrected chi connectivity index (χ0v) is 18.1. The van der Waals surface area contributed by atoms with Crippen molar-refractivity contribution >= 4 is 23.6 Å². The van der Waals surface area contributed by atoms with Crippen LogP contribution in [0.5, 0.6) is 11.5 Å². The van der Waals surface area contributed by atoms with E-state index in [9.17, 15) is 9.59 Å². The summed E-state index contributed by atoms with van der Waals surface area (Å²) in [5, 5.41) is 2.83. The van der Waals surface area contributed by atoms with Gasteiger partial charge in [0.05, 0.1) is 13.7 Å². The normalized spacial score (nSPS) is 11.9. The molecule has 1 atom stereocenters. The van der Waals surface area contributed by atoms with Gasteiger partial charge in [0.1, 0.15) is 0 Å². The van der Waals surface area contributed by atoms with Gasteiger partial charge in [-0.15, -0.1) is 0 Å². The summed E-state index contributed by atoms with van der Waals surface area (Å²) in [6.45, 7) is 8.06. The lowest BCUT2D eigenvalue weighted by Gasteiger charge is -2.16. The van der Waals surface area contributed by atoms with Crippen LogP contribution in [-0.4, -0.2) is 31.7 Å². The van der Waals surface area contributed by atoms with Crippen LogP contribution in [0.25, 0.3) is 6.08 Å². The molecule has 0 spiro atoms. The lowest BCUT2D eigenvalue weighted by molar-refractivity contribution is -0.148. The number of ether oxygens (including phenoxy) is 3. The van der Waals surface area contributed by atoms with Crippen molar-refractivity contribution in [1.82, 2.24) is 0 Å². The van der Waals surface area contributed by atoms with Crippen LogP contribution >= 0.6 is 0 Å². The van der Waals surface area contributed by atoms with Crippen LogP contribution < -0.4 is 14.8 Å². The Hall–Kier alpha value is -3.28. The van der Waals surface area contributed by atoms with Gasteiger partial charge in [0.25, 0.3) is 5.91 Å². The van der Waals surface area contributed by atoms with Gasteiger partial charge in [-0.25, -0.2) is 4.79 Å². The van der Waals surface area contributed by atoms with Crippen molar-refractivity contribution in [3.05, 3.63) is 59.7 Å². The quantitative estimate of drug-likeness (QED) is 0.474. The van der Waals surface area contributed by atoms with Crippen LogP contribution in [0.4, 0.5) is 5.69 Å². The van der Waals surface area contributed by atoms with Gasteiger partial charge in [-0.05, 0) is 55.2 Å². The summed E-state index contributed by atoms with van der Waals surface area (Å²) in [5.74, 6) is 0.472. The standard InChI is InChI=1S/C24H29NO5/c1-6-29-21-13-11-18(15-22(21)28-5)12-14-23(26)30-17(4)24(27)25-20-10-8-7-9-19(20)16(2)3/h7-17H,6H2,1-5H3,(H,25,27)/b14-12+/t17-/m1/s1. The van der Waals surface area contributed by atoms with E-state index in [4.69, 9.17) is 14.2 Å². The molecule has 0 aromatic heterocycles. The molecule has 0 bridgehead atoms. The smallest absolute Gasteiger partial charge is 0.331 e. The fourth-order valence-corrected chi connectivity index (χ4v) is 2.84. The number of esters is 1. The molecule has 1 N–H and O–H groups in total. The number of benzene rings is 2. The monoisotopic (exact) mass is 411 g/mol. The van der Waals surface area contributed by atoms with E-state index in [0.29, 0.717) is 18.1 Å². The average molecular weight is 411 g/mol. The minimum absolute atomic E-state index is 0.258. The van der Waals surface area contributed by atoms with E-state index in [0.717, 1.165) is 16.8 Å². The van der Waals surface area contributed by atoms with Crippen LogP contribution in [0.1, 0.15) is 44.7 Å². The maximum atomic E-state index is 12.4. The van der Waals surface area contributed by atoms with Gasteiger partial charge in [0, 0.05) is 11.8 Å². The summed E-state index contributed by atoms with van der Waals surface area (Å²) in [6, 6.07) is 12.9. The van der Waals surface area contributed by atoms with Crippen molar-refractivity contribution in [2.75, 3.05) is 19.0 Å². The maximum absolute atomic E-state index is 12.4. The number of hydrogen-bond donors (Lipinski definition) is 1. The van der Waals surface area contributed by atoms with Crippen LogP contribution in [0.2, 0.25) is 0 Å². The molecule has 0 heterocycles. The first kappa shape index (κ1) is 23.0. The highest BCUT2D eigenvalue weighted by Gasteiger charge is 2.18. The molecule has 0 fully saturated rings. The topological polar surface area (TPSA) is 73.9 Å². The lowest BCUT2D eigenvalue weighted by atomic mass is 10.0. The minimum atomic E-state index is -0.933. The van der Waals surface area contributed by atoms with Gasteiger partial charge in [0.2, 0.25) is 0 Å². The van der Waals surface area contributed by atoms with E-state index >= 15 is 0 Å². The van der Waals surface area contributed by atoms with Crippen molar-refractivity contribution in [3.63, 3.8) is 0 Å². The SMILES string of the molecule is CCOc1ccc(/C=C/C(=O)O[C@H](C)C(=O)Nc2ccccc2C(C)C)cc1OC. The molecule has 0 unspecified atom stereocenters. The van der Waals surface area contributed by atoms with Gasteiger partial charge < -0.3 is 19.5 Å². The molecular weight excluding hydrogens is 382 g/mol. The Morgan fingerprint density at radius 1 is 1.07 bits per heavy atom. The number of carbonyl (C=O) groups excluding carboxylic acids is 2. The van der Waals surface area contributed by atoms with E-state index in [2.05, 4.69) is 19.2 Å². The first-order valence-corrected chi connectivity index (χ1v) is 9.95. The van der Waals surface area contributed by atoms with Gasteiger partial charge in [0.15, 0.2) is 17.6 Å². The van der Waals surface area contributed by atoms with Crippen LogP contribution in [0.3, 0.4) is 0 Å². The maximum Gasteiger partial charge on any atom is 0.331 e. The molecular formula is C24H29NO5. The van der Waals surface area contributed by atoms with Crippen molar-refractivity contribution < 1.29 is 23.8 Å². The second kappa shape index (κ2) is 11.0. The third kappa shape index (κ3) is 6.37. The molecule has 2 rings (SSSR count). The molecule has 0 radical (unpaired) electrons. The summed E-state index contributed by atoms with van der Waals surface area (Å²) in [6.07, 6.45) is 1.94. The molecule has 30 heavy (non-hydrogen) atoms. The molecule has 6 heteroatoms. The van der Waals surface area contributed by atoms with Crippen molar-refractivity contribution in [3.8, 4) is 11.5 Å². The highest BCUT2D eigenvalue weighted by atomic mass is 16.5. The fourth-order valence-electron chi connectivity index (χ4n) is 2.84. The first-order chi connectivity index (χ1) is 14.3. The number of methoxy groups -OCH3 is 1. The average Bonchev–Trinajstić information content (AvgIpc) is 2.73. The highest BCUT2D eigenvalue weighted by Crippen LogP contribution is 2.28. The van der Waals surface area contributed by atoms with Crippen molar-refractivity contribution in [1.29, 1.82) is 0 Å². The lowest BCUT2D eigenvalue weighted by Crippen LogP contribution is -2.29. The van der Waals surface area contributed by atoms with E-state index in [1.54, 1.807) is 38.3 Å². The molecule has 0 saturated carbocycles. The Bertz CT molecular complexity index is 904. The number of anilines is 1. The third-order valence-electron chi connectivity index (χ3n) is 4.40. The van der Waals surface area contributed by atoms with Gasteiger partial charge in [-0.3, -0.25) is 4.79 Å². The minimum Gasteiger partial charge on any atom is -0.493 e. The van der Waals surface area contributed by atoms with Crippen LogP contribution in [-0.2, 0) is 14.3 Å². The molecule has 2 aromatic rings. The summed E-state index contributed by atoms with van der Waals surface area (Å²) in [4.78, 5) is 24.6. The molecule has 0 saturated heterocycles. The molecule has 6 nitrogen and oxygen atoms in total. The predicted octanol–water partition coefficient (Wildman–Crippen LogP) is 4.80. The Balaban J connectivity index is 1.98. The number of hydrogen-bond acceptors (Lipinski definition) is 5. The largest absolute Gasteiger partial charge is 0.493 e. The summed E-state index contributed by atoms with van der Waals surface area (Å²) in [7, 11) is 1.55. The predicted molar refractivity (Wildman–Crippen MR) is 118 cm³/mol. The second-order valence-corrected chi connectivity index (χ2v) is 6.99. The Kier molecular flexibility index (Phi) is 8.47. The van der Waals surface area contributed by atoms with E-state index in [1.807, 2.05) is 31.2 Å². The Labute approximate surface area is 177 Å². The number of nitrogens with one attached hydrogen (secondary N) is 1. The highest BCUT2D eigenvalue weighted by molar-refractivity contribution is 5.97. The second-order valence-electron chi connectivity index (χ2n) is 6.99. The molecule has 160 valence electrons. The molecule has 1 amide bonds. The molecule has 0 aliphatic carbocycles. The Morgan fingerprint density at radius 3 is 2.47 bits per heavy atom. The van der Waals surface area contributed by atoms with Crippen LogP contribution in [0.15, 0.2) is 48.5 Å².